The van der Waals surface area contributed by atoms with Crippen LogP contribution in [0.5, 0.6) is 0 Å². The monoisotopic (exact) mass is 656 g/mol. The van der Waals surface area contributed by atoms with Crippen LogP contribution in [0.25, 0.3) is 0 Å². The van der Waals surface area contributed by atoms with Gasteiger partial charge in [-0.3, -0.25) is 0 Å². The summed E-state index contributed by atoms with van der Waals surface area (Å²) in [7, 11) is 0. The molecule has 0 amide bonds. The molecule has 4 rings (SSSR count). The largest absolute Gasteiger partial charge is 0.462 e. The Labute approximate surface area is 290 Å². The summed E-state index contributed by atoms with van der Waals surface area (Å²) in [4.78, 5) is 24.0. The normalized spacial score (nSPS) is 21.6. The van der Waals surface area contributed by atoms with Crippen molar-refractivity contribution in [2.45, 2.75) is 116 Å². The summed E-state index contributed by atoms with van der Waals surface area (Å²) in [5, 5.41) is 9.15. The molecule has 2 aliphatic carbocycles. The molecule has 0 saturated heterocycles. The van der Waals surface area contributed by atoms with E-state index >= 15 is 0 Å². The minimum Gasteiger partial charge on any atom is -0.462 e. The van der Waals surface area contributed by atoms with Gasteiger partial charge in [0.2, 0.25) is 0 Å². The van der Waals surface area contributed by atoms with Gasteiger partial charge >= 0.3 is 11.9 Å². The lowest BCUT2D eigenvalue weighted by Gasteiger charge is -2.38. The van der Waals surface area contributed by atoms with Crippen LogP contribution in [0.1, 0.15) is 119 Å². The van der Waals surface area contributed by atoms with Gasteiger partial charge in [-0.05, 0) is 123 Å². The summed E-state index contributed by atoms with van der Waals surface area (Å²) in [6, 6.07) is 18.3. The van der Waals surface area contributed by atoms with Gasteiger partial charge in [0.25, 0.3) is 0 Å². The molecule has 2 aromatic carbocycles. The number of esters is 2. The Kier molecular flexibility index (Phi) is 15.5. The van der Waals surface area contributed by atoms with Gasteiger partial charge in [-0.15, -0.1) is 0 Å². The van der Waals surface area contributed by atoms with Crippen LogP contribution < -0.4 is 0 Å². The van der Waals surface area contributed by atoms with Crippen LogP contribution in [0.3, 0.4) is 0 Å². The van der Waals surface area contributed by atoms with E-state index in [9.17, 15) is 9.59 Å². The highest BCUT2D eigenvalue weighted by Gasteiger charge is 2.31. The van der Waals surface area contributed by atoms with Gasteiger partial charge in [0, 0.05) is 11.5 Å². The average Bonchev–Trinajstić information content (AvgIpc) is 3.12. The van der Waals surface area contributed by atoms with Crippen molar-refractivity contribution in [3.8, 4) is 0 Å². The van der Waals surface area contributed by atoms with Crippen LogP contribution >= 0.6 is 0 Å². The van der Waals surface area contributed by atoms with Crippen LogP contribution in [0, 0.1) is 23.7 Å². The van der Waals surface area contributed by atoms with Gasteiger partial charge in [-0.2, -0.15) is 0 Å². The van der Waals surface area contributed by atoms with Gasteiger partial charge in [0.15, 0.2) is 0 Å². The van der Waals surface area contributed by atoms with E-state index in [1.54, 1.807) is 12.5 Å². The number of carbonyl (C=O) groups is 2. The maximum absolute atomic E-state index is 12.0. The molecule has 2 aliphatic rings. The number of benzene rings is 2. The molecule has 0 bridgehead atoms. The third-order valence-corrected chi connectivity index (χ3v) is 11.0. The Morgan fingerprint density at radius 1 is 0.750 bits per heavy atom. The first kappa shape index (κ1) is 37.6. The fourth-order valence-corrected chi connectivity index (χ4v) is 7.80. The fraction of sp³-hybridized carbons (Fsp3) is 0.581. The first-order chi connectivity index (χ1) is 23.2. The van der Waals surface area contributed by atoms with Crippen LogP contribution in [0.15, 0.2) is 72.8 Å². The topological polar surface area (TPSA) is 72.8 Å². The molecule has 2 fully saturated rings. The Morgan fingerprint density at radius 2 is 1.29 bits per heavy atom. The van der Waals surface area contributed by atoms with Gasteiger partial charge in [0.05, 0.1) is 25.4 Å². The first-order valence-electron chi connectivity index (χ1n) is 18.7. The first-order valence-corrected chi connectivity index (χ1v) is 18.7. The zero-order valence-corrected chi connectivity index (χ0v) is 29.7. The average molecular weight is 657 g/mol. The van der Waals surface area contributed by atoms with Crippen molar-refractivity contribution < 1.29 is 24.2 Å². The van der Waals surface area contributed by atoms with Crippen molar-refractivity contribution in [3.63, 3.8) is 0 Å². The van der Waals surface area contributed by atoms with Crippen molar-refractivity contribution >= 4 is 11.9 Å². The highest BCUT2D eigenvalue weighted by atomic mass is 16.5. The number of rotatable bonds is 18. The van der Waals surface area contributed by atoms with Gasteiger partial charge in [0.1, 0.15) is 0 Å². The number of ether oxygens (including phenoxy) is 2. The lowest BCUT2D eigenvalue weighted by Crippen LogP contribution is -2.25. The van der Waals surface area contributed by atoms with E-state index in [1.807, 2.05) is 0 Å². The molecule has 0 spiro atoms. The van der Waals surface area contributed by atoms with E-state index in [-0.39, 0.29) is 24.7 Å². The second-order valence-electron chi connectivity index (χ2n) is 14.8. The van der Waals surface area contributed by atoms with Crippen molar-refractivity contribution in [3.05, 3.63) is 95.1 Å². The van der Waals surface area contributed by atoms with E-state index in [4.69, 9.17) is 14.6 Å². The molecular weight excluding hydrogens is 596 g/mol. The summed E-state index contributed by atoms with van der Waals surface area (Å²) >= 11 is 0. The SMILES string of the molecule is C=C(C)C(=O)OCC(COC(=O)C(=C)CO)Cc1ccc(CCC2CCC(C3CCC(c4ccc(CCCCC)cc4)CC3)CC2)cc1. The standard InChI is InChI=1S/C43H60O5/c1-5-6-7-8-33-15-19-38(20-16-33)40-23-25-41(26-24-40)39-21-17-35(18-22-39)10-9-34-11-13-36(14-12-34)27-37(29-47-42(45)31(2)3)30-48-43(46)32(4)28-44/h11-16,19-20,35,37,39-41,44H,2,4-10,17-18,21-30H2,1,3H3. The molecule has 0 heterocycles. The van der Waals surface area contributed by atoms with E-state index in [2.05, 4.69) is 68.6 Å². The van der Waals surface area contributed by atoms with Crippen molar-refractivity contribution in [1.82, 2.24) is 0 Å². The number of hydrogen-bond donors (Lipinski definition) is 1. The summed E-state index contributed by atoms with van der Waals surface area (Å²) in [5.41, 5.74) is 5.85. The molecule has 48 heavy (non-hydrogen) atoms. The van der Waals surface area contributed by atoms with Crippen molar-refractivity contribution in [1.29, 1.82) is 0 Å². The minimum atomic E-state index is -0.639. The van der Waals surface area contributed by atoms with Crippen molar-refractivity contribution in [2.75, 3.05) is 19.8 Å². The number of aliphatic hydroxyl groups excluding tert-OH is 1. The summed E-state index contributed by atoms with van der Waals surface area (Å²) in [6.07, 6.45) is 19.2. The van der Waals surface area contributed by atoms with E-state index in [0.717, 1.165) is 35.7 Å². The van der Waals surface area contributed by atoms with Gasteiger partial charge in [-0.25, -0.2) is 9.59 Å². The van der Waals surface area contributed by atoms with Gasteiger partial charge in [-0.1, -0.05) is 94.3 Å². The number of hydrogen-bond acceptors (Lipinski definition) is 5. The third kappa shape index (κ3) is 12.1. The highest BCUT2D eigenvalue weighted by Crippen LogP contribution is 2.44. The van der Waals surface area contributed by atoms with Crippen LogP contribution in [0.4, 0.5) is 0 Å². The van der Waals surface area contributed by atoms with Crippen LogP contribution in [-0.2, 0) is 38.3 Å². The van der Waals surface area contributed by atoms with Crippen LogP contribution in [0.2, 0.25) is 0 Å². The van der Waals surface area contributed by atoms with Gasteiger partial charge < -0.3 is 14.6 Å². The lowest BCUT2D eigenvalue weighted by atomic mass is 9.68. The van der Waals surface area contributed by atoms with Crippen molar-refractivity contribution in [2.24, 2.45) is 23.7 Å². The second-order valence-corrected chi connectivity index (χ2v) is 14.8. The number of aryl methyl sites for hydroxylation is 2. The quantitative estimate of drug-likeness (QED) is 0.0983. The Hall–Kier alpha value is -3.18. The zero-order valence-electron chi connectivity index (χ0n) is 29.7. The lowest BCUT2D eigenvalue weighted by molar-refractivity contribution is -0.144. The smallest absolute Gasteiger partial charge is 0.335 e. The second kappa shape index (κ2) is 19.7. The molecule has 1 atom stereocenters. The molecule has 5 heteroatoms. The van der Waals surface area contributed by atoms with E-state index in [1.165, 1.54) is 94.6 Å². The zero-order chi connectivity index (χ0) is 34.3. The molecule has 0 radical (unpaired) electrons. The molecule has 1 N–H and O–H groups in total. The Balaban J connectivity index is 1.16. The number of carbonyl (C=O) groups excluding carboxylic acids is 2. The maximum atomic E-state index is 12.0. The van der Waals surface area contributed by atoms with Crippen LogP contribution in [-0.4, -0.2) is 36.9 Å². The number of aliphatic hydroxyl groups is 1. The molecule has 262 valence electrons. The Bertz CT molecular complexity index is 1290. The molecule has 0 aromatic heterocycles. The summed E-state index contributed by atoms with van der Waals surface area (Å²) in [5.74, 6) is 2.11. The molecule has 2 aromatic rings. The van der Waals surface area contributed by atoms with E-state index < -0.39 is 18.5 Å². The summed E-state index contributed by atoms with van der Waals surface area (Å²) in [6.45, 7) is 10.8. The Morgan fingerprint density at radius 3 is 1.88 bits per heavy atom. The minimum absolute atomic E-state index is 0.00251. The third-order valence-electron chi connectivity index (χ3n) is 11.0. The predicted molar refractivity (Wildman–Crippen MR) is 195 cm³/mol. The molecule has 5 nitrogen and oxygen atoms in total. The van der Waals surface area contributed by atoms with E-state index in [0.29, 0.717) is 12.0 Å². The number of unbranched alkanes of at least 4 members (excludes halogenated alkanes) is 2. The highest BCUT2D eigenvalue weighted by molar-refractivity contribution is 5.88. The predicted octanol–water partition coefficient (Wildman–Crippen LogP) is 9.50. The fourth-order valence-electron chi connectivity index (χ4n) is 7.80. The molecule has 0 aliphatic heterocycles. The molecular formula is C43H60O5. The molecule has 2 saturated carbocycles. The molecule has 1 unspecified atom stereocenters. The summed E-state index contributed by atoms with van der Waals surface area (Å²) < 4.78 is 10.7. The maximum Gasteiger partial charge on any atom is 0.335 e.